The van der Waals surface area contributed by atoms with Crippen LogP contribution in [-0.4, -0.2) is 23.3 Å². The van der Waals surface area contributed by atoms with Gasteiger partial charge < -0.3 is 10.6 Å². The molecule has 2 N–H and O–H groups in total. The second-order valence-electron chi connectivity index (χ2n) is 6.85. The van der Waals surface area contributed by atoms with E-state index in [0.717, 1.165) is 12.8 Å². The quantitative estimate of drug-likeness (QED) is 0.731. The average Bonchev–Trinajstić information content (AvgIpc) is 3.54. The SMILES string of the molecule is O=C(Nc1cccc(NC(=O)C2CC2)c1)c1ccc(C2SCCCS2)cc1. The van der Waals surface area contributed by atoms with Crippen LogP contribution in [0.4, 0.5) is 11.4 Å². The standard InChI is InChI=1S/C21H22N2O2S2/c24-19(14-5-6-14)22-17-3-1-4-18(13-17)23-20(25)15-7-9-16(10-8-15)21-26-11-2-12-27-21/h1,3-4,7-10,13-14,21H,2,5-6,11-12H2,(H,22,24)(H,23,25). The number of anilines is 2. The Morgan fingerprint density at radius 1 is 0.889 bits per heavy atom. The largest absolute Gasteiger partial charge is 0.326 e. The molecule has 0 bridgehead atoms. The lowest BCUT2D eigenvalue weighted by molar-refractivity contribution is -0.117. The first-order valence-corrected chi connectivity index (χ1v) is 11.3. The molecule has 0 unspecified atom stereocenters. The van der Waals surface area contributed by atoms with Gasteiger partial charge in [0.1, 0.15) is 0 Å². The minimum absolute atomic E-state index is 0.0625. The topological polar surface area (TPSA) is 58.2 Å². The summed E-state index contributed by atoms with van der Waals surface area (Å²) in [4.78, 5) is 24.4. The third-order valence-corrected chi connectivity index (χ3v) is 7.62. The fourth-order valence-corrected chi connectivity index (χ4v) is 5.83. The van der Waals surface area contributed by atoms with Gasteiger partial charge in [0.2, 0.25) is 5.91 Å². The van der Waals surface area contributed by atoms with Gasteiger partial charge in [0.15, 0.2) is 0 Å². The summed E-state index contributed by atoms with van der Waals surface area (Å²) < 4.78 is 0.475. The predicted octanol–water partition coefficient (Wildman–Crippen LogP) is 5.16. The molecule has 0 spiro atoms. The zero-order valence-corrected chi connectivity index (χ0v) is 16.6. The van der Waals surface area contributed by atoms with E-state index in [2.05, 4.69) is 22.8 Å². The van der Waals surface area contributed by atoms with E-state index < -0.39 is 0 Å². The van der Waals surface area contributed by atoms with Gasteiger partial charge in [-0.25, -0.2) is 0 Å². The Bertz CT molecular complexity index is 828. The monoisotopic (exact) mass is 398 g/mol. The van der Waals surface area contributed by atoms with Crippen LogP contribution in [0, 0.1) is 5.92 Å². The van der Waals surface area contributed by atoms with Crippen molar-refractivity contribution < 1.29 is 9.59 Å². The van der Waals surface area contributed by atoms with Crippen molar-refractivity contribution in [1.29, 1.82) is 0 Å². The third-order valence-electron chi connectivity index (χ3n) is 4.61. The molecule has 0 aromatic heterocycles. The van der Waals surface area contributed by atoms with Gasteiger partial charge in [0.05, 0.1) is 4.58 Å². The summed E-state index contributed by atoms with van der Waals surface area (Å²) in [5.74, 6) is 2.48. The van der Waals surface area contributed by atoms with Crippen LogP contribution in [0.2, 0.25) is 0 Å². The highest BCUT2D eigenvalue weighted by Crippen LogP contribution is 2.43. The summed E-state index contributed by atoms with van der Waals surface area (Å²) in [7, 11) is 0. The molecule has 4 rings (SSSR count). The number of rotatable bonds is 5. The lowest BCUT2D eigenvalue weighted by Gasteiger charge is -2.21. The molecule has 2 fully saturated rings. The zero-order chi connectivity index (χ0) is 18.6. The van der Waals surface area contributed by atoms with Crippen LogP contribution in [0.5, 0.6) is 0 Å². The molecule has 1 saturated carbocycles. The summed E-state index contributed by atoms with van der Waals surface area (Å²) in [6.07, 6.45) is 3.21. The molecule has 2 aromatic carbocycles. The summed E-state index contributed by atoms with van der Waals surface area (Å²) >= 11 is 3.95. The Morgan fingerprint density at radius 2 is 1.56 bits per heavy atom. The number of benzene rings is 2. The van der Waals surface area contributed by atoms with Crippen molar-refractivity contribution in [3.8, 4) is 0 Å². The molecule has 140 valence electrons. The van der Waals surface area contributed by atoms with E-state index in [0.29, 0.717) is 21.5 Å². The second-order valence-corrected chi connectivity index (χ2v) is 9.57. The summed E-state index contributed by atoms with van der Waals surface area (Å²) in [6.45, 7) is 0. The van der Waals surface area contributed by atoms with E-state index in [1.165, 1.54) is 23.5 Å². The van der Waals surface area contributed by atoms with Crippen molar-refractivity contribution in [1.82, 2.24) is 0 Å². The van der Waals surface area contributed by atoms with Crippen LogP contribution < -0.4 is 10.6 Å². The lowest BCUT2D eigenvalue weighted by atomic mass is 10.1. The van der Waals surface area contributed by atoms with E-state index in [-0.39, 0.29) is 17.7 Å². The number of amides is 2. The van der Waals surface area contributed by atoms with Crippen molar-refractivity contribution in [2.45, 2.75) is 23.8 Å². The van der Waals surface area contributed by atoms with Crippen molar-refractivity contribution in [2.24, 2.45) is 5.92 Å². The maximum absolute atomic E-state index is 12.5. The van der Waals surface area contributed by atoms with Crippen molar-refractivity contribution >= 4 is 46.7 Å². The molecular formula is C21H22N2O2S2. The number of carbonyl (C=O) groups excluding carboxylic acids is 2. The fourth-order valence-electron chi connectivity index (χ4n) is 2.94. The molecule has 1 saturated heterocycles. The van der Waals surface area contributed by atoms with Gasteiger partial charge in [0, 0.05) is 22.9 Å². The maximum Gasteiger partial charge on any atom is 0.255 e. The van der Waals surface area contributed by atoms with Gasteiger partial charge in [-0.15, -0.1) is 23.5 Å². The molecular weight excluding hydrogens is 376 g/mol. The molecule has 6 heteroatoms. The third kappa shape index (κ3) is 4.87. The lowest BCUT2D eigenvalue weighted by Crippen LogP contribution is -2.14. The van der Waals surface area contributed by atoms with Gasteiger partial charge >= 0.3 is 0 Å². The van der Waals surface area contributed by atoms with Crippen LogP contribution in [0.15, 0.2) is 48.5 Å². The van der Waals surface area contributed by atoms with Crippen LogP contribution >= 0.6 is 23.5 Å². The van der Waals surface area contributed by atoms with Crippen molar-refractivity contribution in [2.75, 3.05) is 22.1 Å². The first-order valence-electron chi connectivity index (χ1n) is 9.24. The van der Waals surface area contributed by atoms with Crippen molar-refractivity contribution in [3.63, 3.8) is 0 Å². The summed E-state index contributed by atoms with van der Waals surface area (Å²) in [5, 5.41) is 5.82. The highest BCUT2D eigenvalue weighted by Gasteiger charge is 2.29. The van der Waals surface area contributed by atoms with Crippen LogP contribution in [0.25, 0.3) is 0 Å². The normalized spacial score (nSPS) is 17.3. The maximum atomic E-state index is 12.5. The van der Waals surface area contributed by atoms with Gasteiger partial charge in [-0.1, -0.05) is 18.2 Å². The van der Waals surface area contributed by atoms with Crippen LogP contribution in [-0.2, 0) is 4.79 Å². The number of hydrogen-bond donors (Lipinski definition) is 2. The predicted molar refractivity (Wildman–Crippen MR) is 114 cm³/mol. The number of thioether (sulfide) groups is 2. The van der Waals surface area contributed by atoms with E-state index in [4.69, 9.17) is 0 Å². The Balaban J connectivity index is 1.38. The van der Waals surface area contributed by atoms with E-state index in [9.17, 15) is 9.59 Å². The van der Waals surface area contributed by atoms with Gasteiger partial charge in [-0.2, -0.15) is 0 Å². The number of carbonyl (C=O) groups is 2. The number of nitrogens with one attached hydrogen (secondary N) is 2. The fraction of sp³-hybridized carbons (Fsp3) is 0.333. The first kappa shape index (κ1) is 18.4. The van der Waals surface area contributed by atoms with Gasteiger partial charge in [0.25, 0.3) is 5.91 Å². The second kappa shape index (κ2) is 8.40. The minimum atomic E-state index is -0.142. The average molecular weight is 399 g/mol. The molecule has 1 heterocycles. The molecule has 1 aliphatic carbocycles. The Kier molecular flexibility index (Phi) is 5.74. The highest BCUT2D eigenvalue weighted by atomic mass is 32.2. The smallest absolute Gasteiger partial charge is 0.255 e. The van der Waals surface area contributed by atoms with Crippen molar-refractivity contribution in [3.05, 3.63) is 59.7 Å². The molecule has 2 aliphatic rings. The molecule has 0 atom stereocenters. The Hall–Kier alpha value is -1.92. The molecule has 0 radical (unpaired) electrons. The van der Waals surface area contributed by atoms with Gasteiger partial charge in [-0.05, 0) is 66.7 Å². The van der Waals surface area contributed by atoms with E-state index in [1.54, 1.807) is 6.07 Å². The highest BCUT2D eigenvalue weighted by molar-refractivity contribution is 8.16. The molecule has 1 aliphatic heterocycles. The van der Waals surface area contributed by atoms with Gasteiger partial charge in [-0.3, -0.25) is 9.59 Å². The molecule has 4 nitrogen and oxygen atoms in total. The molecule has 27 heavy (non-hydrogen) atoms. The molecule has 2 aromatic rings. The molecule has 2 amide bonds. The van der Waals surface area contributed by atoms with Crippen LogP contribution in [0.1, 0.15) is 39.8 Å². The summed E-state index contributed by atoms with van der Waals surface area (Å²) in [6, 6.07) is 15.2. The van der Waals surface area contributed by atoms with Crippen LogP contribution in [0.3, 0.4) is 0 Å². The zero-order valence-electron chi connectivity index (χ0n) is 14.9. The van der Waals surface area contributed by atoms with E-state index >= 15 is 0 Å². The Labute approximate surface area is 167 Å². The Morgan fingerprint density at radius 3 is 2.22 bits per heavy atom. The first-order chi connectivity index (χ1) is 13.2. The number of hydrogen-bond acceptors (Lipinski definition) is 4. The minimum Gasteiger partial charge on any atom is -0.326 e. The summed E-state index contributed by atoms with van der Waals surface area (Å²) in [5.41, 5.74) is 3.30. The van der Waals surface area contributed by atoms with E-state index in [1.807, 2.05) is 53.9 Å².